The molecular formula is C30H40ClN7O4S. The molecule has 4 heterocycles. The maximum Gasteiger partial charge on any atom is 0.281 e. The molecule has 3 aromatic heterocycles. The van der Waals surface area contributed by atoms with Crippen molar-refractivity contribution in [3.8, 4) is 11.7 Å². The Labute approximate surface area is 258 Å². The number of carbonyl (C=O) groups is 1. The van der Waals surface area contributed by atoms with Gasteiger partial charge in [-0.05, 0) is 88.5 Å². The standard InChI is InChI=1S/C30H40ClN7O4S/c1-29(2)14-12-21(34-29)7-6-18-37(4)23-8-5-9-26(32-23)43(40,41)36-28(39)22-10-11-24(33-27(22)31)38-19-13-25(35-38)42-20-17-30(3)15-16-30/h5,8-11,13,19,21,34H,6-7,12,14-18,20H2,1-4H3,(H,36,39). The third-order valence-corrected chi connectivity index (χ3v) is 9.82. The number of amides is 1. The Balaban J connectivity index is 1.17. The van der Waals surface area contributed by atoms with Gasteiger partial charge in [0.1, 0.15) is 11.0 Å². The summed E-state index contributed by atoms with van der Waals surface area (Å²) in [6.07, 6.45) is 9.40. The summed E-state index contributed by atoms with van der Waals surface area (Å²) in [6, 6.07) is 9.86. The zero-order chi connectivity index (χ0) is 30.8. The second-order valence-corrected chi connectivity index (χ2v) is 14.6. The number of nitrogens with one attached hydrogen (secondary N) is 2. The van der Waals surface area contributed by atoms with Crippen molar-refractivity contribution >= 4 is 33.3 Å². The van der Waals surface area contributed by atoms with Crippen LogP contribution in [0.1, 0.15) is 76.1 Å². The number of halogens is 1. The van der Waals surface area contributed by atoms with Gasteiger partial charge in [-0.15, -0.1) is 5.10 Å². The highest BCUT2D eigenvalue weighted by Crippen LogP contribution is 2.47. The minimum atomic E-state index is -4.27. The molecule has 3 aromatic rings. The molecule has 0 aromatic carbocycles. The molecule has 1 aliphatic heterocycles. The summed E-state index contributed by atoms with van der Waals surface area (Å²) in [5, 5.41) is 7.60. The smallest absolute Gasteiger partial charge is 0.281 e. The van der Waals surface area contributed by atoms with Gasteiger partial charge < -0.3 is 15.0 Å². The number of rotatable bonds is 13. The van der Waals surface area contributed by atoms with E-state index in [4.69, 9.17) is 16.3 Å². The SMILES string of the molecule is CN(CCCC1CCC(C)(C)N1)c1cccc(S(=O)(=O)NC(=O)c2ccc(-n3ccc(OCCC4(C)CC4)n3)nc2Cl)n1. The Hall–Kier alpha value is -3.22. The van der Waals surface area contributed by atoms with E-state index in [0.29, 0.717) is 35.6 Å². The molecule has 11 nitrogen and oxygen atoms in total. The first-order valence-corrected chi connectivity index (χ1v) is 16.6. The fraction of sp³-hybridized carbons (Fsp3) is 0.533. The fourth-order valence-electron chi connectivity index (χ4n) is 5.23. The van der Waals surface area contributed by atoms with E-state index in [1.54, 1.807) is 24.4 Å². The maximum absolute atomic E-state index is 13.1. The van der Waals surface area contributed by atoms with E-state index >= 15 is 0 Å². The molecule has 0 radical (unpaired) electrons. The topological polar surface area (TPSA) is 131 Å². The molecule has 232 valence electrons. The molecule has 43 heavy (non-hydrogen) atoms. The lowest BCUT2D eigenvalue weighted by molar-refractivity contribution is 0.0981. The van der Waals surface area contributed by atoms with Crippen LogP contribution in [0.5, 0.6) is 5.88 Å². The van der Waals surface area contributed by atoms with E-state index in [-0.39, 0.29) is 21.3 Å². The summed E-state index contributed by atoms with van der Waals surface area (Å²) < 4.78 is 35.5. The molecule has 5 rings (SSSR count). The third kappa shape index (κ3) is 8.04. The number of ether oxygens (including phenoxy) is 1. The minimum Gasteiger partial charge on any atom is -0.477 e. The molecule has 2 aliphatic rings. The average Bonchev–Trinajstić information content (AvgIpc) is 3.33. The van der Waals surface area contributed by atoms with Crippen LogP contribution in [-0.2, 0) is 10.0 Å². The van der Waals surface area contributed by atoms with Crippen molar-refractivity contribution in [2.24, 2.45) is 5.41 Å². The van der Waals surface area contributed by atoms with Crippen molar-refractivity contribution in [2.45, 2.75) is 82.3 Å². The molecule has 1 unspecified atom stereocenters. The Bertz CT molecular complexity index is 1570. The van der Waals surface area contributed by atoms with Gasteiger partial charge in [0, 0.05) is 37.4 Å². The van der Waals surface area contributed by atoms with Gasteiger partial charge in [0.25, 0.3) is 15.9 Å². The van der Waals surface area contributed by atoms with Crippen molar-refractivity contribution < 1.29 is 17.9 Å². The van der Waals surface area contributed by atoms with E-state index in [0.717, 1.165) is 38.6 Å². The number of anilines is 1. The number of carbonyl (C=O) groups excluding carboxylic acids is 1. The number of pyridine rings is 2. The van der Waals surface area contributed by atoms with Crippen molar-refractivity contribution in [1.29, 1.82) is 0 Å². The predicted molar refractivity (Wildman–Crippen MR) is 165 cm³/mol. The van der Waals surface area contributed by atoms with Gasteiger partial charge in [0.05, 0.1) is 12.2 Å². The molecule has 0 bridgehead atoms. The number of nitrogens with zero attached hydrogens (tertiary/aromatic N) is 5. The van der Waals surface area contributed by atoms with Crippen LogP contribution in [0.2, 0.25) is 5.15 Å². The number of aromatic nitrogens is 4. The maximum atomic E-state index is 13.1. The summed E-state index contributed by atoms with van der Waals surface area (Å²) in [4.78, 5) is 23.4. The van der Waals surface area contributed by atoms with Crippen LogP contribution < -0.4 is 19.7 Å². The zero-order valence-electron chi connectivity index (χ0n) is 25.1. The first kappa shape index (κ1) is 31.2. The van der Waals surface area contributed by atoms with E-state index in [9.17, 15) is 13.2 Å². The second-order valence-electron chi connectivity index (χ2n) is 12.6. The van der Waals surface area contributed by atoms with Gasteiger partial charge in [0.2, 0.25) is 5.88 Å². The van der Waals surface area contributed by atoms with Crippen LogP contribution in [-0.4, -0.2) is 65.9 Å². The summed E-state index contributed by atoms with van der Waals surface area (Å²) in [5.41, 5.74) is 0.480. The minimum absolute atomic E-state index is 0.0905. The largest absolute Gasteiger partial charge is 0.477 e. The second kappa shape index (κ2) is 12.4. The van der Waals surface area contributed by atoms with Crippen molar-refractivity contribution in [2.75, 3.05) is 25.1 Å². The summed E-state index contributed by atoms with van der Waals surface area (Å²) in [6.45, 7) is 7.99. The van der Waals surface area contributed by atoms with Crippen LogP contribution in [0.15, 0.2) is 47.6 Å². The Morgan fingerprint density at radius 3 is 2.65 bits per heavy atom. The van der Waals surface area contributed by atoms with Crippen LogP contribution in [0.4, 0.5) is 5.82 Å². The molecule has 2 N–H and O–H groups in total. The Kier molecular flexibility index (Phi) is 9.01. The first-order chi connectivity index (χ1) is 20.3. The van der Waals surface area contributed by atoms with Gasteiger partial charge in [-0.3, -0.25) is 4.79 Å². The van der Waals surface area contributed by atoms with Gasteiger partial charge in [-0.2, -0.15) is 8.42 Å². The van der Waals surface area contributed by atoms with Gasteiger partial charge in [-0.25, -0.2) is 19.4 Å². The lowest BCUT2D eigenvalue weighted by atomic mass is 10.0. The number of hydrogen-bond acceptors (Lipinski definition) is 9. The van der Waals surface area contributed by atoms with Gasteiger partial charge in [0.15, 0.2) is 10.8 Å². The van der Waals surface area contributed by atoms with Crippen molar-refractivity contribution in [1.82, 2.24) is 29.8 Å². The quantitative estimate of drug-likeness (QED) is 0.257. The van der Waals surface area contributed by atoms with Crippen molar-refractivity contribution in [3.63, 3.8) is 0 Å². The van der Waals surface area contributed by atoms with Crippen LogP contribution in [0, 0.1) is 5.41 Å². The monoisotopic (exact) mass is 629 g/mol. The van der Waals surface area contributed by atoms with E-state index in [1.165, 1.54) is 35.7 Å². The van der Waals surface area contributed by atoms with E-state index in [2.05, 4.69) is 45.9 Å². The lowest BCUT2D eigenvalue weighted by Crippen LogP contribution is -2.37. The van der Waals surface area contributed by atoms with E-state index in [1.807, 2.05) is 11.9 Å². The predicted octanol–water partition coefficient (Wildman–Crippen LogP) is 4.75. The zero-order valence-corrected chi connectivity index (χ0v) is 26.7. The van der Waals surface area contributed by atoms with Crippen LogP contribution in [0.3, 0.4) is 0 Å². The highest BCUT2D eigenvalue weighted by atomic mass is 35.5. The van der Waals surface area contributed by atoms with Gasteiger partial charge in [-0.1, -0.05) is 24.6 Å². The summed E-state index contributed by atoms with van der Waals surface area (Å²) in [5.74, 6) is 0.418. The van der Waals surface area contributed by atoms with Crippen LogP contribution >= 0.6 is 11.6 Å². The summed E-state index contributed by atoms with van der Waals surface area (Å²) in [7, 11) is -2.39. The molecule has 1 saturated heterocycles. The molecule has 13 heteroatoms. The first-order valence-electron chi connectivity index (χ1n) is 14.7. The molecule has 1 amide bonds. The third-order valence-electron chi connectivity index (χ3n) is 8.30. The summed E-state index contributed by atoms with van der Waals surface area (Å²) >= 11 is 6.31. The Morgan fingerprint density at radius 2 is 1.95 bits per heavy atom. The lowest BCUT2D eigenvalue weighted by Gasteiger charge is -2.22. The fourth-order valence-corrected chi connectivity index (χ4v) is 6.40. The molecule has 2 fully saturated rings. The molecule has 1 atom stereocenters. The molecule has 1 saturated carbocycles. The van der Waals surface area contributed by atoms with Crippen molar-refractivity contribution in [3.05, 3.63) is 53.3 Å². The normalized spacial score (nSPS) is 18.8. The number of sulfonamides is 1. The number of hydrogen-bond donors (Lipinski definition) is 2. The van der Waals surface area contributed by atoms with Crippen LogP contribution in [0.25, 0.3) is 5.82 Å². The molecule has 0 spiro atoms. The van der Waals surface area contributed by atoms with Gasteiger partial charge >= 0.3 is 0 Å². The average molecular weight is 630 g/mol. The van der Waals surface area contributed by atoms with E-state index < -0.39 is 15.9 Å². The molecule has 1 aliphatic carbocycles. The molecular weight excluding hydrogens is 590 g/mol. The highest BCUT2D eigenvalue weighted by molar-refractivity contribution is 7.90. The Morgan fingerprint density at radius 1 is 1.16 bits per heavy atom. The highest BCUT2D eigenvalue weighted by Gasteiger charge is 2.36.